The van der Waals surface area contributed by atoms with Crippen LogP contribution in [0.25, 0.3) is 0 Å². The van der Waals surface area contributed by atoms with Crippen molar-refractivity contribution in [2.24, 2.45) is 0 Å². The van der Waals surface area contributed by atoms with Crippen LogP contribution < -0.4 is 5.32 Å². The fraction of sp³-hybridized carbons (Fsp3) is 0.353. The van der Waals surface area contributed by atoms with Crippen LogP contribution in [0.5, 0.6) is 0 Å². The standard InChI is InChI=1S/C17H17F2NOS/c18-12-5-3-6-13(19)15(12)16(21)20-11-17(8-1-2-9-17)14-7-4-10-22-14/h3-7,10H,1-2,8-9,11H2,(H,20,21). The van der Waals surface area contributed by atoms with Gasteiger partial charge in [0.2, 0.25) is 0 Å². The predicted molar refractivity (Wildman–Crippen MR) is 83.2 cm³/mol. The van der Waals surface area contributed by atoms with Crippen LogP contribution in [0, 0.1) is 11.6 Å². The van der Waals surface area contributed by atoms with Gasteiger partial charge in [-0.3, -0.25) is 4.79 Å². The molecule has 0 spiro atoms. The minimum Gasteiger partial charge on any atom is -0.351 e. The largest absolute Gasteiger partial charge is 0.351 e. The molecule has 0 unspecified atom stereocenters. The highest BCUT2D eigenvalue weighted by atomic mass is 32.1. The molecule has 0 atom stereocenters. The summed E-state index contributed by atoms with van der Waals surface area (Å²) in [6.45, 7) is 0.417. The third-order valence-electron chi connectivity index (χ3n) is 4.38. The van der Waals surface area contributed by atoms with E-state index in [1.165, 1.54) is 10.9 Å². The molecule has 1 fully saturated rings. The van der Waals surface area contributed by atoms with Crippen LogP contribution in [-0.2, 0) is 5.41 Å². The Kier molecular flexibility index (Phi) is 4.25. The van der Waals surface area contributed by atoms with Crippen LogP contribution >= 0.6 is 11.3 Å². The Hall–Kier alpha value is -1.75. The van der Waals surface area contributed by atoms with E-state index in [1.807, 2.05) is 11.4 Å². The van der Waals surface area contributed by atoms with E-state index in [1.54, 1.807) is 11.3 Å². The van der Waals surface area contributed by atoms with Gasteiger partial charge in [0.1, 0.15) is 17.2 Å². The SMILES string of the molecule is O=C(NCC1(c2cccs2)CCCC1)c1c(F)cccc1F. The summed E-state index contributed by atoms with van der Waals surface area (Å²) in [4.78, 5) is 13.4. The number of hydrogen-bond donors (Lipinski definition) is 1. The molecule has 1 aliphatic carbocycles. The van der Waals surface area contributed by atoms with Crippen molar-refractivity contribution in [3.63, 3.8) is 0 Å². The van der Waals surface area contributed by atoms with Crippen molar-refractivity contribution >= 4 is 17.2 Å². The van der Waals surface area contributed by atoms with E-state index in [0.29, 0.717) is 6.54 Å². The molecule has 0 radical (unpaired) electrons. The molecule has 0 saturated heterocycles. The zero-order chi connectivity index (χ0) is 15.6. The maximum atomic E-state index is 13.7. The lowest BCUT2D eigenvalue weighted by Gasteiger charge is -2.28. The molecule has 22 heavy (non-hydrogen) atoms. The number of hydrogen-bond acceptors (Lipinski definition) is 2. The molecule has 3 rings (SSSR count). The number of carbonyl (C=O) groups excluding carboxylic acids is 1. The first-order chi connectivity index (χ1) is 10.6. The Morgan fingerprint density at radius 2 is 1.82 bits per heavy atom. The second-order valence-electron chi connectivity index (χ2n) is 5.74. The Morgan fingerprint density at radius 1 is 1.14 bits per heavy atom. The van der Waals surface area contributed by atoms with E-state index in [2.05, 4.69) is 11.4 Å². The van der Waals surface area contributed by atoms with E-state index in [4.69, 9.17) is 0 Å². The van der Waals surface area contributed by atoms with Gasteiger partial charge in [-0.15, -0.1) is 11.3 Å². The van der Waals surface area contributed by atoms with Gasteiger partial charge in [0, 0.05) is 16.8 Å². The van der Waals surface area contributed by atoms with Crippen LogP contribution in [0.4, 0.5) is 8.78 Å². The van der Waals surface area contributed by atoms with E-state index >= 15 is 0 Å². The summed E-state index contributed by atoms with van der Waals surface area (Å²) in [5, 5.41) is 4.76. The molecule has 2 nitrogen and oxygen atoms in total. The van der Waals surface area contributed by atoms with Gasteiger partial charge >= 0.3 is 0 Å². The average molecular weight is 321 g/mol. The van der Waals surface area contributed by atoms with Crippen LogP contribution in [0.2, 0.25) is 0 Å². The average Bonchev–Trinajstić information content (AvgIpc) is 3.17. The van der Waals surface area contributed by atoms with Gasteiger partial charge in [-0.25, -0.2) is 8.78 Å². The molecular weight excluding hydrogens is 304 g/mol. The first kappa shape index (κ1) is 15.2. The monoisotopic (exact) mass is 321 g/mol. The maximum Gasteiger partial charge on any atom is 0.257 e. The summed E-state index contributed by atoms with van der Waals surface area (Å²) in [5.41, 5.74) is -0.590. The van der Waals surface area contributed by atoms with Gasteiger partial charge < -0.3 is 5.32 Å². The summed E-state index contributed by atoms with van der Waals surface area (Å²) in [6, 6.07) is 7.53. The van der Waals surface area contributed by atoms with E-state index in [-0.39, 0.29) is 5.41 Å². The third-order valence-corrected chi connectivity index (χ3v) is 5.50. The zero-order valence-corrected chi connectivity index (χ0v) is 12.9. The molecule has 1 aromatic carbocycles. The molecule has 1 N–H and O–H groups in total. The van der Waals surface area contributed by atoms with Gasteiger partial charge in [0.15, 0.2) is 0 Å². The third kappa shape index (κ3) is 2.77. The number of nitrogens with one attached hydrogen (secondary N) is 1. The fourth-order valence-electron chi connectivity index (χ4n) is 3.19. The summed E-state index contributed by atoms with van der Waals surface area (Å²) in [5.74, 6) is -2.33. The topological polar surface area (TPSA) is 29.1 Å². The first-order valence-corrected chi connectivity index (χ1v) is 8.27. The molecular formula is C17H17F2NOS. The van der Waals surface area contributed by atoms with Gasteiger partial charge in [0.05, 0.1) is 0 Å². The number of amides is 1. The number of benzene rings is 1. The molecule has 2 aromatic rings. The molecule has 116 valence electrons. The quantitative estimate of drug-likeness (QED) is 0.895. The van der Waals surface area contributed by atoms with Crippen molar-refractivity contribution in [3.8, 4) is 0 Å². The molecule has 0 aliphatic heterocycles. The predicted octanol–water partition coefficient (Wildman–Crippen LogP) is 4.27. The van der Waals surface area contributed by atoms with E-state index in [9.17, 15) is 13.6 Å². The number of thiophene rings is 1. The van der Waals surface area contributed by atoms with E-state index in [0.717, 1.165) is 37.8 Å². The second kappa shape index (κ2) is 6.16. The number of carbonyl (C=O) groups is 1. The summed E-state index contributed by atoms with van der Waals surface area (Å²) >= 11 is 1.67. The lowest BCUT2D eigenvalue weighted by molar-refractivity contribution is 0.0935. The molecule has 1 aromatic heterocycles. The number of rotatable bonds is 4. The zero-order valence-electron chi connectivity index (χ0n) is 12.1. The highest BCUT2D eigenvalue weighted by Gasteiger charge is 2.37. The summed E-state index contributed by atoms with van der Waals surface area (Å²) in [6.07, 6.45) is 4.21. The second-order valence-corrected chi connectivity index (χ2v) is 6.69. The summed E-state index contributed by atoms with van der Waals surface area (Å²) < 4.78 is 27.3. The van der Waals surface area contributed by atoms with Gasteiger partial charge in [-0.05, 0) is 36.4 Å². The normalized spacial score (nSPS) is 16.6. The molecule has 1 aliphatic rings. The molecule has 0 bridgehead atoms. The number of halogens is 2. The minimum atomic E-state index is -0.825. The van der Waals surface area contributed by atoms with Crippen molar-refractivity contribution in [1.29, 1.82) is 0 Å². The van der Waals surface area contributed by atoms with Gasteiger partial charge in [-0.2, -0.15) is 0 Å². The van der Waals surface area contributed by atoms with Crippen molar-refractivity contribution in [2.45, 2.75) is 31.1 Å². The Bertz CT molecular complexity index is 643. The fourth-order valence-corrected chi connectivity index (χ4v) is 4.18. The molecule has 1 amide bonds. The van der Waals surface area contributed by atoms with Crippen molar-refractivity contribution in [1.82, 2.24) is 5.32 Å². The molecule has 1 saturated carbocycles. The van der Waals surface area contributed by atoms with Crippen molar-refractivity contribution < 1.29 is 13.6 Å². The van der Waals surface area contributed by atoms with Gasteiger partial charge in [0.25, 0.3) is 5.91 Å². The minimum absolute atomic E-state index is 0.0917. The Balaban J connectivity index is 1.77. The molecule has 5 heteroatoms. The maximum absolute atomic E-state index is 13.7. The lowest BCUT2D eigenvalue weighted by Crippen LogP contribution is -2.39. The highest BCUT2D eigenvalue weighted by molar-refractivity contribution is 7.10. The lowest BCUT2D eigenvalue weighted by atomic mass is 9.84. The first-order valence-electron chi connectivity index (χ1n) is 7.39. The Labute approximate surface area is 132 Å². The summed E-state index contributed by atoms with van der Waals surface area (Å²) in [7, 11) is 0. The van der Waals surface area contributed by atoms with Crippen molar-refractivity contribution in [3.05, 3.63) is 57.8 Å². The van der Waals surface area contributed by atoms with Crippen LogP contribution in [0.1, 0.15) is 40.9 Å². The van der Waals surface area contributed by atoms with Crippen molar-refractivity contribution in [2.75, 3.05) is 6.54 Å². The Morgan fingerprint density at radius 3 is 2.41 bits per heavy atom. The smallest absolute Gasteiger partial charge is 0.257 e. The van der Waals surface area contributed by atoms with Crippen LogP contribution in [0.3, 0.4) is 0 Å². The molecule has 1 heterocycles. The van der Waals surface area contributed by atoms with Gasteiger partial charge in [-0.1, -0.05) is 25.0 Å². The highest BCUT2D eigenvalue weighted by Crippen LogP contribution is 2.42. The van der Waals surface area contributed by atoms with Crippen LogP contribution in [0.15, 0.2) is 35.7 Å². The van der Waals surface area contributed by atoms with E-state index < -0.39 is 23.1 Å². The van der Waals surface area contributed by atoms with Crippen LogP contribution in [-0.4, -0.2) is 12.5 Å².